The lowest BCUT2D eigenvalue weighted by Crippen LogP contribution is -2.64. The molecule has 2 saturated heterocycles. The van der Waals surface area contributed by atoms with E-state index in [0.717, 1.165) is 6.07 Å². The largest absolute Gasteiger partial charge is 0.508 e. The summed E-state index contributed by atoms with van der Waals surface area (Å²) in [7, 11) is 0. The average molecular weight is 579 g/mol. The van der Waals surface area contributed by atoms with Gasteiger partial charge in [-0.2, -0.15) is 0 Å². The van der Waals surface area contributed by atoms with Gasteiger partial charge in [-0.3, -0.25) is 4.79 Å². The van der Waals surface area contributed by atoms with E-state index in [1.54, 1.807) is 0 Å². The van der Waals surface area contributed by atoms with Crippen LogP contribution in [0.2, 0.25) is 0 Å². The molecule has 0 saturated carbocycles. The molecule has 1 aromatic heterocycles. The summed E-state index contributed by atoms with van der Waals surface area (Å²) >= 11 is 0. The fourth-order valence-electron chi connectivity index (χ4n) is 4.79. The fourth-order valence-corrected chi connectivity index (χ4v) is 4.79. The SMILES string of the molecule is C[C@@H]1O[C@@H](O[C@@H]2[C@H](Oc3cc(O)c4c(=O)cc(-c5ccc(O)cc5)oc4c3)O[C@H](CO)[C@@H](O)[C@H]2O)[C@@H](O)[C@@H](O)[C@H]1O. The summed E-state index contributed by atoms with van der Waals surface area (Å²) in [5, 5.41) is 81.4. The summed E-state index contributed by atoms with van der Waals surface area (Å²) in [6.07, 6.45) is -15.3. The summed E-state index contributed by atoms with van der Waals surface area (Å²) < 4.78 is 28.4. The molecule has 3 aromatic rings. The monoisotopic (exact) mass is 578 g/mol. The van der Waals surface area contributed by atoms with E-state index in [9.17, 15) is 45.6 Å². The number of ether oxygens (including phenoxy) is 4. The van der Waals surface area contributed by atoms with Gasteiger partial charge < -0.3 is 64.2 Å². The fraction of sp³-hybridized carbons (Fsp3) is 0.444. The topological polar surface area (TPSA) is 229 Å². The van der Waals surface area contributed by atoms with Crippen molar-refractivity contribution in [2.75, 3.05) is 6.61 Å². The molecule has 0 radical (unpaired) electrons. The van der Waals surface area contributed by atoms with Crippen LogP contribution >= 0.6 is 0 Å². The van der Waals surface area contributed by atoms with E-state index in [0.29, 0.717) is 5.56 Å². The van der Waals surface area contributed by atoms with Crippen LogP contribution in [0.15, 0.2) is 51.7 Å². The summed E-state index contributed by atoms with van der Waals surface area (Å²) in [6, 6.07) is 9.38. The van der Waals surface area contributed by atoms with Crippen molar-refractivity contribution in [3.63, 3.8) is 0 Å². The standard InChI is InChI=1S/C27H30O14/c1-10-20(32)22(34)24(36)26(37-10)41-25-23(35)21(33)18(9-28)40-27(25)38-13-6-14(30)19-15(31)8-16(39-17(19)7-13)11-2-4-12(29)5-3-11/h2-8,10,18,20-30,32-36H,9H2,1H3/t10-,18+,20-,21+,22-,23+,24-,25-,26-,27+/m0/s1. The second-order valence-corrected chi connectivity index (χ2v) is 9.94. The maximum atomic E-state index is 12.8. The molecule has 2 aliphatic heterocycles. The van der Waals surface area contributed by atoms with E-state index in [-0.39, 0.29) is 28.2 Å². The molecule has 0 bridgehead atoms. The number of fused-ring (bicyclic) bond motifs is 1. The molecule has 2 fully saturated rings. The van der Waals surface area contributed by atoms with Crippen molar-refractivity contribution in [2.24, 2.45) is 0 Å². The Hall–Kier alpha value is -3.31. The third kappa shape index (κ3) is 5.61. The van der Waals surface area contributed by atoms with E-state index in [4.69, 9.17) is 23.4 Å². The quantitative estimate of drug-likeness (QED) is 0.174. The Morgan fingerprint density at radius 3 is 2.22 bits per heavy atom. The zero-order valence-corrected chi connectivity index (χ0v) is 21.5. The van der Waals surface area contributed by atoms with Crippen molar-refractivity contribution >= 4 is 11.0 Å². The Bertz CT molecular complexity index is 1420. The second-order valence-electron chi connectivity index (χ2n) is 9.94. The number of hydrogen-bond donors (Lipinski definition) is 8. The lowest BCUT2D eigenvalue weighted by Gasteiger charge is -2.45. The molecule has 14 heteroatoms. The molecular weight excluding hydrogens is 548 g/mol. The van der Waals surface area contributed by atoms with Crippen LogP contribution in [0.5, 0.6) is 17.2 Å². The lowest BCUT2D eigenvalue weighted by molar-refractivity contribution is -0.354. The van der Waals surface area contributed by atoms with E-state index in [1.807, 2.05) is 0 Å². The summed E-state index contributed by atoms with van der Waals surface area (Å²) in [5.41, 5.74) is -0.182. The summed E-state index contributed by atoms with van der Waals surface area (Å²) in [4.78, 5) is 12.8. The minimum Gasteiger partial charge on any atom is -0.508 e. The van der Waals surface area contributed by atoms with Gasteiger partial charge in [0.05, 0.1) is 12.7 Å². The smallest absolute Gasteiger partial charge is 0.229 e. The van der Waals surface area contributed by atoms with Gasteiger partial charge in [0.1, 0.15) is 70.6 Å². The Balaban J connectivity index is 1.47. The summed E-state index contributed by atoms with van der Waals surface area (Å²) in [5.74, 6) is -0.498. The first-order valence-electron chi connectivity index (χ1n) is 12.7. The van der Waals surface area contributed by atoms with Crippen molar-refractivity contribution in [1.29, 1.82) is 0 Å². The molecule has 5 rings (SSSR count). The minimum atomic E-state index is -1.76. The van der Waals surface area contributed by atoms with Gasteiger partial charge >= 0.3 is 0 Å². The summed E-state index contributed by atoms with van der Waals surface area (Å²) in [6.45, 7) is 0.704. The van der Waals surface area contributed by atoms with E-state index in [1.165, 1.54) is 43.3 Å². The molecular formula is C27H30O14. The van der Waals surface area contributed by atoms with Crippen LogP contribution in [0.4, 0.5) is 0 Å². The van der Waals surface area contributed by atoms with Gasteiger partial charge in [0, 0.05) is 23.8 Å². The first-order valence-corrected chi connectivity index (χ1v) is 12.7. The third-order valence-electron chi connectivity index (χ3n) is 7.11. The van der Waals surface area contributed by atoms with Gasteiger partial charge in [-0.1, -0.05) is 0 Å². The van der Waals surface area contributed by atoms with Crippen LogP contribution in [-0.2, 0) is 14.2 Å². The van der Waals surface area contributed by atoms with Crippen molar-refractivity contribution in [1.82, 2.24) is 0 Å². The number of benzene rings is 2. The van der Waals surface area contributed by atoms with Crippen LogP contribution in [0.1, 0.15) is 6.92 Å². The molecule has 41 heavy (non-hydrogen) atoms. The Morgan fingerprint density at radius 1 is 0.829 bits per heavy atom. The highest BCUT2D eigenvalue weighted by molar-refractivity contribution is 5.86. The average Bonchev–Trinajstić information content (AvgIpc) is 2.94. The Kier molecular flexibility index (Phi) is 8.20. The van der Waals surface area contributed by atoms with Gasteiger partial charge in [0.2, 0.25) is 6.29 Å². The molecule has 222 valence electrons. The minimum absolute atomic E-state index is 0.00857. The number of rotatable bonds is 6. The number of aliphatic hydroxyl groups is 6. The van der Waals surface area contributed by atoms with Crippen LogP contribution < -0.4 is 10.2 Å². The van der Waals surface area contributed by atoms with Crippen molar-refractivity contribution in [3.05, 3.63) is 52.7 Å². The molecule has 3 heterocycles. The highest BCUT2D eigenvalue weighted by Crippen LogP contribution is 2.35. The molecule has 0 unspecified atom stereocenters. The van der Waals surface area contributed by atoms with Crippen LogP contribution in [0, 0.1) is 0 Å². The molecule has 0 spiro atoms. The predicted molar refractivity (Wildman–Crippen MR) is 137 cm³/mol. The number of phenolic OH excluding ortho intramolecular Hbond substituents is 2. The van der Waals surface area contributed by atoms with Gasteiger partial charge in [0.15, 0.2) is 17.8 Å². The van der Waals surface area contributed by atoms with E-state index >= 15 is 0 Å². The molecule has 8 N–H and O–H groups in total. The lowest BCUT2D eigenvalue weighted by atomic mass is 9.97. The first-order chi connectivity index (χ1) is 19.5. The number of phenols is 2. The Labute approximate surface area is 231 Å². The molecule has 14 nitrogen and oxygen atoms in total. The molecule has 0 amide bonds. The zero-order valence-electron chi connectivity index (χ0n) is 21.5. The second kappa shape index (κ2) is 11.5. The van der Waals surface area contributed by atoms with E-state index in [2.05, 4.69) is 0 Å². The number of aliphatic hydroxyl groups excluding tert-OH is 6. The first kappa shape index (κ1) is 29.2. The van der Waals surface area contributed by atoms with Gasteiger partial charge in [-0.15, -0.1) is 0 Å². The van der Waals surface area contributed by atoms with Gasteiger partial charge in [-0.25, -0.2) is 0 Å². The van der Waals surface area contributed by atoms with Crippen molar-refractivity contribution in [3.8, 4) is 28.6 Å². The highest BCUT2D eigenvalue weighted by atomic mass is 16.8. The molecule has 2 aliphatic rings. The normalized spacial score (nSPS) is 34.0. The van der Waals surface area contributed by atoms with Gasteiger partial charge in [0.25, 0.3) is 0 Å². The zero-order chi connectivity index (χ0) is 29.6. The van der Waals surface area contributed by atoms with Crippen LogP contribution in [0.3, 0.4) is 0 Å². The van der Waals surface area contributed by atoms with Crippen LogP contribution in [-0.4, -0.2) is 109 Å². The maximum absolute atomic E-state index is 12.8. The number of aromatic hydroxyl groups is 2. The molecule has 10 atom stereocenters. The van der Waals surface area contributed by atoms with Crippen molar-refractivity contribution in [2.45, 2.75) is 68.3 Å². The highest BCUT2D eigenvalue weighted by Gasteiger charge is 2.50. The maximum Gasteiger partial charge on any atom is 0.229 e. The third-order valence-corrected chi connectivity index (χ3v) is 7.11. The molecule has 0 aliphatic carbocycles. The predicted octanol–water partition coefficient (Wildman–Crippen LogP) is -1.10. The molecule has 2 aromatic carbocycles. The number of hydrogen-bond acceptors (Lipinski definition) is 14. The van der Waals surface area contributed by atoms with E-state index < -0.39 is 79.2 Å². The van der Waals surface area contributed by atoms with Crippen molar-refractivity contribution < 1.29 is 64.2 Å². The van der Waals surface area contributed by atoms with Crippen LogP contribution in [0.25, 0.3) is 22.3 Å². The Morgan fingerprint density at radius 2 is 1.54 bits per heavy atom. The van der Waals surface area contributed by atoms with Gasteiger partial charge in [-0.05, 0) is 31.2 Å².